The predicted octanol–water partition coefficient (Wildman–Crippen LogP) is -1.08. The lowest BCUT2D eigenvalue weighted by Crippen LogP contribution is -2.40. The summed E-state index contributed by atoms with van der Waals surface area (Å²) in [5.74, 6) is 0. The molecule has 0 aromatic heterocycles. The second kappa shape index (κ2) is 2.26. The molecule has 0 aliphatic carbocycles. The van der Waals surface area contributed by atoms with Crippen molar-refractivity contribution in [3.05, 3.63) is 0 Å². The molecule has 7 heavy (non-hydrogen) atoms. The Morgan fingerprint density at radius 3 is 2.86 bits per heavy atom. The van der Waals surface area contributed by atoms with Gasteiger partial charge in [0.1, 0.15) is 6.23 Å². The Bertz CT molecular complexity index is 51.7. The Morgan fingerprint density at radius 1 is 1.71 bits per heavy atom. The first-order valence-corrected chi connectivity index (χ1v) is 2.39. The van der Waals surface area contributed by atoms with Crippen molar-refractivity contribution in [1.82, 2.24) is 5.32 Å². The third-order valence-electron chi connectivity index (χ3n) is 0.902. The van der Waals surface area contributed by atoms with Crippen LogP contribution in [0.1, 0.15) is 0 Å². The van der Waals surface area contributed by atoms with Crippen LogP contribution in [0.5, 0.6) is 0 Å². The molecule has 1 aliphatic rings. The van der Waals surface area contributed by atoms with E-state index in [0.717, 1.165) is 13.2 Å². The fourth-order valence-electron chi connectivity index (χ4n) is 0.552. The number of ether oxygens (including phenoxy) is 1. The van der Waals surface area contributed by atoms with Crippen LogP contribution in [-0.2, 0) is 4.74 Å². The van der Waals surface area contributed by atoms with Crippen LogP contribution in [0.15, 0.2) is 0 Å². The molecule has 1 saturated heterocycles. The van der Waals surface area contributed by atoms with Crippen molar-refractivity contribution >= 4 is 0 Å². The highest BCUT2D eigenvalue weighted by Gasteiger charge is 2.06. The minimum atomic E-state index is -0.436. The first-order chi connectivity index (χ1) is 3.39. The molecule has 0 spiro atoms. The lowest BCUT2D eigenvalue weighted by molar-refractivity contribution is -0.0161. The Balaban J connectivity index is 2.12. The molecule has 1 fully saturated rings. The van der Waals surface area contributed by atoms with Crippen molar-refractivity contribution in [2.24, 2.45) is 0 Å². The van der Waals surface area contributed by atoms with Crippen LogP contribution in [0.25, 0.3) is 0 Å². The number of morpholine rings is 1. The minimum Gasteiger partial charge on any atom is -0.376 e. The van der Waals surface area contributed by atoms with Gasteiger partial charge in [0.05, 0.1) is 13.2 Å². The Kier molecular flexibility index (Phi) is 1.62. The maximum atomic E-state index is 8.67. The molecule has 1 heterocycles. The van der Waals surface area contributed by atoms with Crippen LogP contribution >= 0.6 is 0 Å². The van der Waals surface area contributed by atoms with Crippen LogP contribution in [0.4, 0.5) is 0 Å². The molecular formula is C4H9NO2. The van der Waals surface area contributed by atoms with Crippen molar-refractivity contribution in [2.45, 2.75) is 6.23 Å². The van der Waals surface area contributed by atoms with E-state index >= 15 is 0 Å². The summed E-state index contributed by atoms with van der Waals surface area (Å²) in [6.07, 6.45) is -0.436. The van der Waals surface area contributed by atoms with E-state index in [4.69, 9.17) is 9.84 Å². The summed E-state index contributed by atoms with van der Waals surface area (Å²) in [5.41, 5.74) is 0. The van der Waals surface area contributed by atoms with Crippen molar-refractivity contribution in [1.29, 1.82) is 0 Å². The van der Waals surface area contributed by atoms with Crippen LogP contribution in [0, 0.1) is 0 Å². The van der Waals surface area contributed by atoms with E-state index in [-0.39, 0.29) is 0 Å². The summed E-state index contributed by atoms with van der Waals surface area (Å²) in [6, 6.07) is 0. The molecule has 0 bridgehead atoms. The smallest absolute Gasteiger partial charge is 0.128 e. The summed E-state index contributed by atoms with van der Waals surface area (Å²) in [6.45, 7) is 1.91. The van der Waals surface area contributed by atoms with Gasteiger partial charge in [-0.25, -0.2) is 0 Å². The number of nitrogens with one attached hydrogen (secondary N) is 1. The van der Waals surface area contributed by atoms with Gasteiger partial charge < -0.3 is 9.84 Å². The third-order valence-corrected chi connectivity index (χ3v) is 0.902. The fourth-order valence-corrected chi connectivity index (χ4v) is 0.552. The zero-order valence-electron chi connectivity index (χ0n) is 4.05. The molecule has 0 radical (unpaired) electrons. The molecule has 0 aromatic carbocycles. The van der Waals surface area contributed by atoms with Gasteiger partial charge in [0, 0.05) is 6.54 Å². The van der Waals surface area contributed by atoms with E-state index in [0.29, 0.717) is 6.61 Å². The lowest BCUT2D eigenvalue weighted by Gasteiger charge is -2.17. The van der Waals surface area contributed by atoms with Gasteiger partial charge in [-0.05, 0) is 0 Å². The van der Waals surface area contributed by atoms with Crippen LogP contribution in [0.2, 0.25) is 0 Å². The molecule has 0 unspecified atom stereocenters. The second-order valence-corrected chi connectivity index (χ2v) is 1.54. The van der Waals surface area contributed by atoms with Gasteiger partial charge in [-0.1, -0.05) is 0 Å². The Morgan fingerprint density at radius 2 is 2.57 bits per heavy atom. The molecule has 1 aliphatic heterocycles. The minimum absolute atomic E-state index is 0.431. The van der Waals surface area contributed by atoms with Gasteiger partial charge in [-0.15, -0.1) is 0 Å². The molecule has 0 saturated carbocycles. The number of rotatable bonds is 0. The van der Waals surface area contributed by atoms with Gasteiger partial charge >= 0.3 is 0 Å². The highest BCUT2D eigenvalue weighted by Crippen LogP contribution is 1.85. The lowest BCUT2D eigenvalue weighted by atomic mass is 10.5. The fraction of sp³-hybridized carbons (Fsp3) is 1.00. The SMILES string of the molecule is O[C@H]1COCCN1. The molecule has 0 aromatic rings. The average Bonchev–Trinajstić information content (AvgIpc) is 1.69. The largest absolute Gasteiger partial charge is 0.376 e. The molecule has 2 N–H and O–H groups in total. The first-order valence-electron chi connectivity index (χ1n) is 2.39. The summed E-state index contributed by atoms with van der Waals surface area (Å²) < 4.78 is 4.87. The van der Waals surface area contributed by atoms with E-state index in [1.54, 1.807) is 0 Å². The second-order valence-electron chi connectivity index (χ2n) is 1.54. The van der Waals surface area contributed by atoms with Gasteiger partial charge in [0.25, 0.3) is 0 Å². The highest BCUT2D eigenvalue weighted by molar-refractivity contribution is 4.55. The molecule has 3 nitrogen and oxygen atoms in total. The van der Waals surface area contributed by atoms with E-state index in [1.165, 1.54) is 0 Å². The van der Waals surface area contributed by atoms with Crippen molar-refractivity contribution < 1.29 is 9.84 Å². The van der Waals surface area contributed by atoms with Crippen molar-refractivity contribution in [2.75, 3.05) is 19.8 Å². The summed E-state index contributed by atoms with van der Waals surface area (Å²) in [5, 5.41) is 11.5. The third kappa shape index (κ3) is 1.43. The van der Waals surface area contributed by atoms with Crippen molar-refractivity contribution in [3.63, 3.8) is 0 Å². The van der Waals surface area contributed by atoms with E-state index in [2.05, 4.69) is 5.32 Å². The summed E-state index contributed by atoms with van der Waals surface area (Å²) in [7, 11) is 0. The van der Waals surface area contributed by atoms with E-state index in [9.17, 15) is 0 Å². The maximum Gasteiger partial charge on any atom is 0.128 e. The van der Waals surface area contributed by atoms with Crippen LogP contribution in [-0.4, -0.2) is 31.1 Å². The Labute approximate surface area is 42.3 Å². The van der Waals surface area contributed by atoms with Crippen LogP contribution < -0.4 is 5.32 Å². The summed E-state index contributed by atoms with van der Waals surface area (Å²) >= 11 is 0. The molecular weight excluding hydrogens is 94.0 g/mol. The van der Waals surface area contributed by atoms with E-state index in [1.807, 2.05) is 0 Å². The van der Waals surface area contributed by atoms with Gasteiger partial charge in [0.15, 0.2) is 0 Å². The van der Waals surface area contributed by atoms with Gasteiger partial charge in [-0.2, -0.15) is 0 Å². The maximum absolute atomic E-state index is 8.67. The topological polar surface area (TPSA) is 41.5 Å². The number of hydrogen-bond acceptors (Lipinski definition) is 3. The van der Waals surface area contributed by atoms with E-state index < -0.39 is 6.23 Å². The average molecular weight is 103 g/mol. The quantitative estimate of drug-likeness (QED) is 0.410. The monoisotopic (exact) mass is 103 g/mol. The Hall–Kier alpha value is -0.120. The van der Waals surface area contributed by atoms with Crippen molar-refractivity contribution in [3.8, 4) is 0 Å². The van der Waals surface area contributed by atoms with Gasteiger partial charge in [-0.3, -0.25) is 5.32 Å². The first kappa shape index (κ1) is 5.03. The normalized spacial score (nSPS) is 33.0. The number of aliphatic hydroxyl groups excluding tert-OH is 1. The zero-order chi connectivity index (χ0) is 5.11. The molecule has 0 amide bonds. The van der Waals surface area contributed by atoms with Gasteiger partial charge in [0.2, 0.25) is 0 Å². The number of aliphatic hydroxyl groups is 1. The van der Waals surface area contributed by atoms with Crippen LogP contribution in [0.3, 0.4) is 0 Å². The predicted molar refractivity (Wildman–Crippen MR) is 24.8 cm³/mol. The highest BCUT2D eigenvalue weighted by atomic mass is 16.5. The molecule has 1 rings (SSSR count). The standard InChI is InChI=1S/C4H9NO2/c6-4-3-7-2-1-5-4/h4-6H,1-3H2/t4-/m0/s1. The summed E-state index contributed by atoms with van der Waals surface area (Å²) in [4.78, 5) is 0. The molecule has 3 heteroatoms. The molecule has 1 atom stereocenters. The number of hydrogen-bond donors (Lipinski definition) is 2. The zero-order valence-corrected chi connectivity index (χ0v) is 4.05. The molecule has 42 valence electrons.